The molecular weight excluding hydrogens is 1590 g/mol. The molecule has 2 saturated carbocycles. The van der Waals surface area contributed by atoms with Crippen molar-refractivity contribution in [1.82, 2.24) is 30.0 Å². The summed E-state index contributed by atoms with van der Waals surface area (Å²) >= 11 is 6.73. The van der Waals surface area contributed by atoms with Gasteiger partial charge in [0.15, 0.2) is 53.0 Å². The zero-order chi connectivity index (χ0) is 86.0. The van der Waals surface area contributed by atoms with E-state index in [2.05, 4.69) is 136 Å². The summed E-state index contributed by atoms with van der Waals surface area (Å²) in [5.74, 6) is -2.54. The molecule has 0 aromatic carbocycles. The monoisotopic (exact) mass is 1730 g/mol. The number of aliphatic hydroxyl groups is 3. The summed E-state index contributed by atoms with van der Waals surface area (Å²) in [6, 6.07) is 18.8. The van der Waals surface area contributed by atoms with Gasteiger partial charge in [0.05, 0.1) is 47.3 Å². The summed E-state index contributed by atoms with van der Waals surface area (Å²) in [7, 11) is 0. The molecule has 6 N–H and O–H groups in total. The average Bonchev–Trinajstić information content (AvgIpc) is 1.56. The van der Waals surface area contributed by atoms with Crippen molar-refractivity contribution in [3.05, 3.63) is 161 Å². The number of fused-ring (bicyclic) bond motifs is 4. The van der Waals surface area contributed by atoms with Crippen molar-refractivity contribution in [2.75, 3.05) is 6.61 Å². The fourth-order valence-corrected chi connectivity index (χ4v) is 17.8. The van der Waals surface area contributed by atoms with Crippen LogP contribution in [0.4, 0.5) is 0 Å². The Morgan fingerprint density at radius 3 is 1.39 bits per heavy atom. The Morgan fingerprint density at radius 1 is 0.543 bits per heavy atom. The van der Waals surface area contributed by atoms with Crippen LogP contribution in [-0.4, -0.2) is 179 Å². The van der Waals surface area contributed by atoms with Crippen LogP contribution in [0.25, 0.3) is 0 Å². The molecule has 14 rings (SSSR count). The molecular formula is C89H138Br2Li2N8O15. The number of H-pyrrole nitrogens is 1. The fourth-order valence-electron chi connectivity index (χ4n) is 17.3. The van der Waals surface area contributed by atoms with Gasteiger partial charge in [-0.25, -0.2) is 4.74 Å². The van der Waals surface area contributed by atoms with E-state index in [1.165, 1.54) is 42.5 Å². The van der Waals surface area contributed by atoms with Gasteiger partial charge in [0.1, 0.15) is 29.0 Å². The van der Waals surface area contributed by atoms with Gasteiger partial charge in [-0.2, -0.15) is 17.9 Å². The molecule has 7 fully saturated rings. The van der Waals surface area contributed by atoms with Crippen molar-refractivity contribution in [1.29, 1.82) is 0 Å². The van der Waals surface area contributed by atoms with Crippen LogP contribution < -0.4 is 43.3 Å². The number of aromatic nitrogens is 5. The molecule has 12 heterocycles. The van der Waals surface area contributed by atoms with Crippen LogP contribution in [0, 0.1) is 86.3 Å². The number of nitrogens with zero attached hydrogens (tertiary/aromatic N) is 7. The Morgan fingerprint density at radius 2 is 0.966 bits per heavy atom. The van der Waals surface area contributed by atoms with Gasteiger partial charge in [0.25, 0.3) is 5.56 Å². The number of rotatable bonds is 10. The minimum atomic E-state index is -1.46. The van der Waals surface area contributed by atoms with Crippen LogP contribution in [0.15, 0.2) is 79.4 Å². The number of hydrogen-bond donors (Lipinski definition) is 6. The molecule has 116 heavy (non-hydrogen) atoms. The number of aliphatic imine (C=N–C) groups is 1. The van der Waals surface area contributed by atoms with E-state index in [0.717, 1.165) is 110 Å². The van der Waals surface area contributed by atoms with E-state index in [0.29, 0.717) is 23.8 Å². The molecule has 18 atom stereocenters. The maximum absolute atomic E-state index is 11.5. The number of pyridine rings is 5. The number of hydroxylamine groups is 3. The molecule has 2 aliphatic carbocycles. The Labute approximate surface area is 734 Å². The van der Waals surface area contributed by atoms with Gasteiger partial charge in [-0.3, -0.25) is 34.7 Å². The average molecular weight is 1730 g/mol. The number of ether oxygens (including phenoxy) is 8. The van der Waals surface area contributed by atoms with E-state index in [9.17, 15) is 30.5 Å². The van der Waals surface area contributed by atoms with Crippen molar-refractivity contribution in [2.24, 2.45) is 16.8 Å². The zero-order valence-corrected chi connectivity index (χ0v) is 78.5. The molecule has 7 aliphatic heterocycles. The van der Waals surface area contributed by atoms with Crippen LogP contribution >= 0.6 is 31.9 Å². The smallest absolute Gasteiger partial charge is 0.624 e. The molecule has 0 spiro atoms. The SMILES string of the molecule is CC[C@@H]1[C@H]2OC(C)(C)O[C@@]2(C)C=[N+]1[O-].CC[C@@H]1[C@H]2OC(C)(C)O[C@@]2(C)[C@H](c2ccc(C)nc2C)N1O.CC[C@H]1C[C@@H](c2ccc(C)nc2C)[C@]2(C)OC(C)(C)O[C@H]12.CC[C@H]1N=C[C@]2(C)OC(C)(C)O[C@H]12.C[C@@]1(O)[C@H](O)[C@@H](CO)C[C@H]1c1ccc(=O)[nH]c1O.Cc1ccc(Br)c(C)n1.Cc1ccc(Br)c(C)n1.[CH2-]CCC.[CH2-]CCC.[Li+].[Li+]. The predicted molar refractivity (Wildman–Crippen MR) is 456 cm³/mol. The summed E-state index contributed by atoms with van der Waals surface area (Å²) in [5, 5.41) is 62.8. The van der Waals surface area contributed by atoms with Gasteiger partial charge in [-0.15, -0.1) is 0 Å². The third-order valence-electron chi connectivity index (χ3n) is 22.7. The first-order chi connectivity index (χ1) is 52.9. The van der Waals surface area contributed by atoms with E-state index < -0.39 is 63.5 Å². The molecule has 5 saturated heterocycles. The van der Waals surface area contributed by atoms with Gasteiger partial charge in [0.2, 0.25) is 0 Å². The number of halogens is 2. The number of aromatic hydroxyl groups is 1. The zero-order valence-electron chi connectivity index (χ0n) is 75.3. The third-order valence-corrected chi connectivity index (χ3v) is 24.4. The second-order valence-corrected chi connectivity index (χ2v) is 36.1. The van der Waals surface area contributed by atoms with Crippen LogP contribution in [0.2, 0.25) is 0 Å². The molecule has 27 heteroatoms. The van der Waals surface area contributed by atoms with Crippen LogP contribution in [-0.2, 0) is 37.9 Å². The molecule has 0 unspecified atom stereocenters. The molecule has 0 amide bonds. The van der Waals surface area contributed by atoms with Gasteiger partial charge in [-0.1, -0.05) is 72.9 Å². The minimum Gasteiger partial charge on any atom is -0.624 e. The van der Waals surface area contributed by atoms with Gasteiger partial charge in [0, 0.05) is 91.7 Å². The van der Waals surface area contributed by atoms with E-state index in [4.69, 9.17) is 43.0 Å². The standard InChI is InChI=1S/C18H27NO2.C17H26N2O3.C12H17NO5.C10H17NO3.C10H17NO2.2C7H8BrN.2C4H9.2Li/c1-7-13-10-15(14-9-8-11(2)19-12(14)3)18(6)16(13)20-17(4,5)21-18;1-7-13-15-17(6,22-16(4,5)21-15)14(19(13)20)12-9-8-10(2)18-11(12)3;1-12(18)8(4-6(5-14)10(12)16)7-2-3-9(15)13-11(7)17;1-5-7-8-10(4,6-11(7)12)14-9(2,3)13-8;1-5-7-8-10(4,6-11-7)13-9(2,3)12-8;2*1-5-3-4-7(8)6(2)9-5;2*1-3-4-2;;/h8-9,13,15-16H,7,10H2,1-6H3;8-9,13-15,20H,7H2,1-6H3;2-3,6,8,10,14,16,18H,4-5H2,1H3,(H2,13,15,17);6-8H,5H2,1-4H3;6-8H,5H2,1-4H3;2*3-4H,1-2H3;2*1,3-4H2,2H3;;/q;;;;;;;2*-1;2*+1/t13-,15-,16+,18-;13-,14+,15-,17+;6-,8+,10-,12+;2*7-,8-,10+;;;;;;/m01111....../s1. The van der Waals surface area contributed by atoms with E-state index >= 15 is 0 Å². The summed E-state index contributed by atoms with van der Waals surface area (Å²) < 4.78 is 51.3. The summed E-state index contributed by atoms with van der Waals surface area (Å²) in [6.45, 7) is 61.0. The first-order valence-corrected chi connectivity index (χ1v) is 42.4. The van der Waals surface area contributed by atoms with Crippen molar-refractivity contribution < 1.29 is 106 Å². The number of aryl methyl sites for hydroxylation is 8. The molecule has 0 bridgehead atoms. The van der Waals surface area contributed by atoms with Crippen LogP contribution in [0.3, 0.4) is 0 Å². The summed E-state index contributed by atoms with van der Waals surface area (Å²) in [6.07, 6.45) is 12.2. The number of aliphatic hydroxyl groups excluding tert-OH is 2. The van der Waals surface area contributed by atoms with E-state index in [1.54, 1.807) is 6.21 Å². The predicted octanol–water partition coefficient (Wildman–Crippen LogP) is 11.7. The van der Waals surface area contributed by atoms with Crippen LogP contribution in [0.1, 0.15) is 276 Å². The molecule has 5 aromatic heterocycles. The largest absolute Gasteiger partial charge is 1.00 e. The minimum absolute atomic E-state index is 0. The number of hydrogen-bond acceptors (Lipinski definition) is 21. The normalized spacial score (nSPS) is 32.2. The van der Waals surface area contributed by atoms with Crippen molar-refractivity contribution in [3.63, 3.8) is 0 Å². The van der Waals surface area contributed by atoms with E-state index in [1.807, 2.05) is 174 Å². The Hall–Kier alpha value is -3.88. The second kappa shape index (κ2) is 43.0. The van der Waals surface area contributed by atoms with Crippen molar-refractivity contribution in [3.8, 4) is 5.88 Å². The first kappa shape index (κ1) is 104. The maximum atomic E-state index is 11.5. The number of unbranched alkanes of at least 4 members (excludes halogenated alkanes) is 2. The first-order valence-electron chi connectivity index (χ1n) is 40.9. The van der Waals surface area contributed by atoms with Gasteiger partial charge in [-0.05, 0) is 262 Å². The van der Waals surface area contributed by atoms with E-state index in [-0.39, 0.29) is 110 Å². The molecule has 640 valence electrons. The fraction of sp³-hybridized carbons (Fsp3) is 0.674. The maximum Gasteiger partial charge on any atom is 1.00 e. The Kier molecular flexibility index (Phi) is 38.7. The summed E-state index contributed by atoms with van der Waals surface area (Å²) in [4.78, 5) is 35.3. The Balaban J connectivity index is 0.000000285. The molecule has 9 aliphatic rings. The molecule has 0 radical (unpaired) electrons. The molecule has 5 aromatic rings. The van der Waals surface area contributed by atoms with Crippen molar-refractivity contribution >= 4 is 44.3 Å². The topological polar surface area (TPSA) is 301 Å². The third kappa shape index (κ3) is 25.2. The van der Waals surface area contributed by atoms with Gasteiger partial charge >= 0.3 is 37.7 Å². The molecule has 23 nitrogen and oxygen atoms in total. The van der Waals surface area contributed by atoms with Gasteiger partial charge < -0.3 is 82.6 Å². The number of aromatic amines is 1. The van der Waals surface area contributed by atoms with Crippen LogP contribution in [0.5, 0.6) is 5.88 Å². The quantitative estimate of drug-likeness (QED) is 0.0328. The number of nitrogens with one attached hydrogen (secondary N) is 1. The Bertz CT molecular complexity index is 4040. The second-order valence-electron chi connectivity index (χ2n) is 34.4. The van der Waals surface area contributed by atoms with Crippen molar-refractivity contribution in [2.45, 2.75) is 369 Å². The summed E-state index contributed by atoms with van der Waals surface area (Å²) in [5.41, 5.74) is 7.45.